The average molecular weight is 885 g/mol. The fourth-order valence-corrected chi connectivity index (χ4v) is 6.37. The first-order chi connectivity index (χ1) is 30.2. The van der Waals surface area contributed by atoms with Crippen molar-refractivity contribution in [3.63, 3.8) is 0 Å². The molecule has 0 radical (unpaired) electrons. The normalized spacial score (nSPS) is 12.9. The number of alkyl carbamates (subject to hydrolysis) is 2. The quantitative estimate of drug-likeness (QED) is 0.0737. The lowest BCUT2D eigenvalue weighted by Gasteiger charge is -2.32. The van der Waals surface area contributed by atoms with Crippen LogP contribution in [0.4, 0.5) is 9.59 Å². The van der Waals surface area contributed by atoms with Gasteiger partial charge in [0.15, 0.2) is 0 Å². The van der Waals surface area contributed by atoms with Crippen molar-refractivity contribution in [1.82, 2.24) is 31.5 Å². The highest BCUT2D eigenvalue weighted by molar-refractivity contribution is 5.99. The summed E-state index contributed by atoms with van der Waals surface area (Å²) in [5.74, 6) is -2.03. The van der Waals surface area contributed by atoms with Gasteiger partial charge < -0.3 is 45.7 Å². The molecular formula is C49H68N6O9. The Bertz CT molecular complexity index is 2070. The highest BCUT2D eigenvalue weighted by atomic mass is 16.6. The summed E-state index contributed by atoms with van der Waals surface area (Å²) in [4.78, 5) is 81.5. The van der Waals surface area contributed by atoms with Crippen LogP contribution < -0.4 is 31.3 Å². The van der Waals surface area contributed by atoms with Crippen LogP contribution in [0.5, 0.6) is 5.75 Å². The lowest BCUT2D eigenvalue weighted by Crippen LogP contribution is -2.56. The molecule has 0 aliphatic heterocycles. The number of nitrogens with one attached hydrogen (secondary N) is 5. The van der Waals surface area contributed by atoms with Crippen molar-refractivity contribution in [1.29, 1.82) is 0 Å². The van der Waals surface area contributed by atoms with Crippen LogP contribution in [-0.4, -0.2) is 97.8 Å². The van der Waals surface area contributed by atoms with Crippen LogP contribution in [0.15, 0.2) is 72.8 Å². The van der Waals surface area contributed by atoms with E-state index in [4.69, 9.17) is 14.2 Å². The largest absolute Gasteiger partial charge is 0.491 e. The third kappa shape index (κ3) is 17.1. The third-order valence-electron chi connectivity index (χ3n) is 9.60. The molecule has 3 aromatic carbocycles. The molecule has 0 saturated carbocycles. The first kappa shape index (κ1) is 52.0. The number of unbranched alkanes of at least 4 members (excludes halogenated alkanes) is 1. The van der Waals surface area contributed by atoms with Crippen LogP contribution in [0.1, 0.15) is 115 Å². The molecule has 0 aromatic heterocycles. The minimum Gasteiger partial charge on any atom is -0.491 e. The molecule has 0 spiro atoms. The maximum atomic E-state index is 14.7. The number of ether oxygens (including phenoxy) is 3. The van der Waals surface area contributed by atoms with Gasteiger partial charge in [0.25, 0.3) is 5.91 Å². The van der Waals surface area contributed by atoms with Gasteiger partial charge in [0.05, 0.1) is 13.1 Å². The van der Waals surface area contributed by atoms with Gasteiger partial charge in [-0.3, -0.25) is 19.2 Å². The average Bonchev–Trinajstić information content (AvgIpc) is 3.23. The number of hydrogen-bond donors (Lipinski definition) is 5. The third-order valence-corrected chi connectivity index (χ3v) is 9.60. The number of aryl methyl sites for hydroxylation is 1. The van der Waals surface area contributed by atoms with Crippen molar-refractivity contribution in [3.8, 4) is 16.9 Å². The lowest BCUT2D eigenvalue weighted by atomic mass is 9.99. The predicted molar refractivity (Wildman–Crippen MR) is 249 cm³/mol. The van der Waals surface area contributed by atoms with E-state index in [2.05, 4.69) is 45.6 Å². The maximum Gasteiger partial charge on any atom is 0.407 e. The molecule has 15 nitrogen and oxygen atoms in total. The van der Waals surface area contributed by atoms with Gasteiger partial charge in [-0.05, 0) is 114 Å². The highest BCUT2D eigenvalue weighted by Crippen LogP contribution is 2.29. The first-order valence-corrected chi connectivity index (χ1v) is 21.8. The van der Waals surface area contributed by atoms with Crippen LogP contribution >= 0.6 is 0 Å². The Labute approximate surface area is 378 Å². The van der Waals surface area contributed by atoms with E-state index >= 15 is 0 Å². The van der Waals surface area contributed by atoms with Crippen molar-refractivity contribution in [2.24, 2.45) is 0 Å². The zero-order valence-corrected chi connectivity index (χ0v) is 39.3. The van der Waals surface area contributed by atoms with Gasteiger partial charge >= 0.3 is 12.2 Å². The standard InChI is InChI=1S/C49H68N6O9/c1-12-14-16-33-18-20-34(21-19-33)35-22-24-36(25-23-35)43(57)54-39(31-52-47(61)64-49(7,8)9)45(59)55(11)41(44(58)53-32(3)42(56)50-10)38-26-27-40(37(30-38)17-15-13-2)62-29-28-51-46(60)63-48(4,5)6/h15,17-27,30,32,39,41H,12-14,16,28-29,31H2,1-11H3,(H,50,56)(H,51,60)(H,52,61)(H,53,58)(H,54,57)/b17-15+/t32-,39-,41-/m0/s1. The number of rotatable bonds is 20. The van der Waals surface area contributed by atoms with E-state index in [1.807, 2.05) is 43.3 Å². The second-order valence-electron chi connectivity index (χ2n) is 17.4. The molecule has 3 aromatic rings. The summed E-state index contributed by atoms with van der Waals surface area (Å²) < 4.78 is 16.8. The molecule has 3 rings (SSSR count). The second-order valence-corrected chi connectivity index (χ2v) is 17.4. The molecule has 0 aliphatic carbocycles. The van der Waals surface area contributed by atoms with Gasteiger partial charge in [0.1, 0.15) is 41.7 Å². The number of likely N-dealkylation sites (N-methyl/N-ethyl adjacent to an activating group) is 2. The van der Waals surface area contributed by atoms with Crippen LogP contribution in [0.25, 0.3) is 17.2 Å². The van der Waals surface area contributed by atoms with Crippen molar-refractivity contribution >= 4 is 41.9 Å². The van der Waals surface area contributed by atoms with E-state index < -0.39 is 65.1 Å². The first-order valence-electron chi connectivity index (χ1n) is 21.8. The van der Waals surface area contributed by atoms with Gasteiger partial charge in [-0.25, -0.2) is 9.59 Å². The summed E-state index contributed by atoms with van der Waals surface area (Å²) in [6, 6.07) is 16.5. The minimum absolute atomic E-state index is 0.0957. The Morgan fingerprint density at radius 3 is 1.92 bits per heavy atom. The summed E-state index contributed by atoms with van der Waals surface area (Å²) in [6.45, 7) is 15.9. The van der Waals surface area contributed by atoms with Crippen LogP contribution in [0, 0.1) is 0 Å². The molecule has 348 valence electrons. The van der Waals surface area contributed by atoms with Gasteiger partial charge in [0.2, 0.25) is 17.7 Å². The van der Waals surface area contributed by atoms with Gasteiger partial charge in [-0.2, -0.15) is 0 Å². The zero-order chi connectivity index (χ0) is 47.6. The molecule has 0 bridgehead atoms. The van der Waals surface area contributed by atoms with Crippen LogP contribution in [0.3, 0.4) is 0 Å². The van der Waals surface area contributed by atoms with Gasteiger partial charge in [-0.1, -0.05) is 74.9 Å². The molecule has 0 unspecified atom stereocenters. The molecule has 6 amide bonds. The molecule has 0 heterocycles. The summed E-state index contributed by atoms with van der Waals surface area (Å²) >= 11 is 0. The molecular weight excluding hydrogens is 817 g/mol. The minimum atomic E-state index is -1.38. The number of carbonyl (C=O) groups excluding carboxylic acids is 6. The summed E-state index contributed by atoms with van der Waals surface area (Å²) in [7, 11) is 2.84. The Balaban J connectivity index is 1.99. The number of carbonyl (C=O) groups is 6. The van der Waals surface area contributed by atoms with Crippen molar-refractivity contribution in [3.05, 3.63) is 95.1 Å². The molecule has 64 heavy (non-hydrogen) atoms. The Hall–Kier alpha value is -6.38. The zero-order valence-electron chi connectivity index (χ0n) is 39.3. The van der Waals surface area contributed by atoms with E-state index in [1.54, 1.807) is 71.9 Å². The summed E-state index contributed by atoms with van der Waals surface area (Å²) in [5.41, 5.74) is 2.82. The van der Waals surface area contributed by atoms with Gasteiger partial charge in [-0.15, -0.1) is 0 Å². The van der Waals surface area contributed by atoms with E-state index in [0.29, 0.717) is 23.3 Å². The Morgan fingerprint density at radius 2 is 1.36 bits per heavy atom. The van der Waals surface area contributed by atoms with Crippen molar-refractivity contribution in [2.75, 3.05) is 33.8 Å². The Morgan fingerprint density at radius 1 is 0.766 bits per heavy atom. The Kier molecular flexibility index (Phi) is 19.9. The van der Waals surface area contributed by atoms with Crippen molar-refractivity contribution in [2.45, 2.75) is 117 Å². The summed E-state index contributed by atoms with van der Waals surface area (Å²) in [5, 5.41) is 13.2. The maximum absolute atomic E-state index is 14.7. The SMILES string of the molecule is CC/C=C/c1cc([C@@H](C(=O)N[C@@H](C)C(=O)NC)N(C)C(=O)[C@H](CNC(=O)OC(C)(C)C)NC(=O)c2ccc(-c3ccc(CCCC)cc3)cc2)ccc1OCCNC(=O)OC(C)(C)C. The number of amides is 6. The highest BCUT2D eigenvalue weighted by Gasteiger charge is 2.35. The van der Waals surface area contributed by atoms with Crippen molar-refractivity contribution < 1.29 is 43.0 Å². The van der Waals surface area contributed by atoms with E-state index in [-0.39, 0.29) is 25.3 Å². The molecule has 0 fully saturated rings. The monoisotopic (exact) mass is 885 g/mol. The number of allylic oxidation sites excluding steroid dienone is 1. The smallest absolute Gasteiger partial charge is 0.407 e. The number of hydrogen-bond acceptors (Lipinski definition) is 9. The molecule has 15 heteroatoms. The fraction of sp³-hybridized carbons (Fsp3) is 0.469. The summed E-state index contributed by atoms with van der Waals surface area (Å²) in [6.07, 6.45) is 6.21. The molecule has 0 saturated heterocycles. The van der Waals surface area contributed by atoms with Gasteiger partial charge in [0, 0.05) is 25.2 Å². The molecule has 5 N–H and O–H groups in total. The van der Waals surface area contributed by atoms with E-state index in [1.165, 1.54) is 26.6 Å². The number of nitrogens with zero attached hydrogens (tertiary/aromatic N) is 1. The lowest BCUT2D eigenvalue weighted by molar-refractivity contribution is -0.141. The van der Waals surface area contributed by atoms with E-state index in [9.17, 15) is 28.8 Å². The fourth-order valence-electron chi connectivity index (χ4n) is 6.37. The topological polar surface area (TPSA) is 193 Å². The molecule has 3 atom stereocenters. The van der Waals surface area contributed by atoms with E-state index in [0.717, 1.165) is 35.3 Å². The second kappa shape index (κ2) is 24.5. The molecule has 0 aliphatic rings. The van der Waals surface area contributed by atoms with Crippen LogP contribution in [-0.2, 0) is 30.3 Å². The number of benzene rings is 3. The predicted octanol–water partition coefficient (Wildman–Crippen LogP) is 7.10. The van der Waals surface area contributed by atoms with Crippen LogP contribution in [0.2, 0.25) is 0 Å².